The highest BCUT2D eigenvalue weighted by molar-refractivity contribution is 7.16. The molecule has 0 radical (unpaired) electrons. The van der Waals surface area contributed by atoms with Crippen molar-refractivity contribution in [3.63, 3.8) is 0 Å². The van der Waals surface area contributed by atoms with Crippen LogP contribution in [0.3, 0.4) is 0 Å². The number of hydrazine groups is 1. The summed E-state index contributed by atoms with van der Waals surface area (Å²) in [5, 5.41) is 6.83. The second kappa shape index (κ2) is 14.4. The van der Waals surface area contributed by atoms with Gasteiger partial charge in [0, 0.05) is 55.9 Å². The average Bonchev–Trinajstić information content (AvgIpc) is 3.40. The fourth-order valence-electron chi connectivity index (χ4n) is 4.08. The number of halogens is 3. The van der Waals surface area contributed by atoms with Gasteiger partial charge in [-0.15, -0.1) is 0 Å². The van der Waals surface area contributed by atoms with Crippen LogP contribution in [0.25, 0.3) is 5.70 Å². The Labute approximate surface area is 253 Å². The largest absolute Gasteiger partial charge is 0.416 e. The monoisotopic (exact) mass is 618 g/mol. The molecular formula is C29H37F3N8O2S. The minimum Gasteiger partial charge on any atom is -0.396 e. The number of aromatic nitrogens is 1. The van der Waals surface area contributed by atoms with Crippen molar-refractivity contribution < 1.29 is 22.8 Å². The van der Waals surface area contributed by atoms with Gasteiger partial charge in [0.05, 0.1) is 21.8 Å². The summed E-state index contributed by atoms with van der Waals surface area (Å²) in [6, 6.07) is 8.32. The van der Waals surface area contributed by atoms with E-state index in [9.17, 15) is 22.8 Å². The van der Waals surface area contributed by atoms with Crippen LogP contribution in [-0.4, -0.2) is 54.9 Å². The van der Waals surface area contributed by atoms with Crippen LogP contribution in [0, 0.1) is 6.92 Å². The Morgan fingerprint density at radius 1 is 1.07 bits per heavy atom. The molecule has 0 bridgehead atoms. The zero-order chi connectivity index (χ0) is 31.9. The molecule has 0 saturated heterocycles. The van der Waals surface area contributed by atoms with Crippen molar-refractivity contribution in [1.29, 1.82) is 0 Å². The van der Waals surface area contributed by atoms with E-state index in [1.54, 1.807) is 25.1 Å². The topological polar surface area (TPSA) is 133 Å². The summed E-state index contributed by atoms with van der Waals surface area (Å²) in [5.41, 5.74) is 7.35. The van der Waals surface area contributed by atoms with Crippen molar-refractivity contribution in [1.82, 2.24) is 9.88 Å². The van der Waals surface area contributed by atoms with Crippen molar-refractivity contribution >= 4 is 51.0 Å². The maximum absolute atomic E-state index is 13.8. The molecular weight excluding hydrogens is 581 g/mol. The third-order valence-electron chi connectivity index (χ3n) is 6.64. The Morgan fingerprint density at radius 3 is 2.42 bits per heavy atom. The number of anilines is 4. The molecule has 3 rings (SSSR count). The Balaban J connectivity index is 1.86. The summed E-state index contributed by atoms with van der Waals surface area (Å²) in [5.74, 6) is 5.40. The third-order valence-corrected chi connectivity index (χ3v) is 7.60. The van der Waals surface area contributed by atoms with Gasteiger partial charge >= 0.3 is 6.18 Å². The van der Waals surface area contributed by atoms with E-state index in [4.69, 9.17) is 11.6 Å². The Bertz CT molecular complexity index is 1470. The first-order valence-corrected chi connectivity index (χ1v) is 14.4. The van der Waals surface area contributed by atoms with Crippen LogP contribution in [0.1, 0.15) is 47.1 Å². The van der Waals surface area contributed by atoms with Gasteiger partial charge in [0.15, 0.2) is 5.13 Å². The molecule has 6 N–H and O–H groups in total. The van der Waals surface area contributed by atoms with E-state index < -0.39 is 17.6 Å². The Morgan fingerprint density at radius 2 is 1.79 bits per heavy atom. The number of thiazole rings is 1. The number of nitrogens with zero attached hydrogens (tertiary/aromatic N) is 4. The summed E-state index contributed by atoms with van der Waals surface area (Å²) in [4.78, 5) is 33.1. The summed E-state index contributed by atoms with van der Waals surface area (Å²) >= 11 is 1.16. The molecule has 232 valence electrons. The number of rotatable bonds is 12. The lowest BCUT2D eigenvalue weighted by Crippen LogP contribution is -2.33. The Kier molecular flexibility index (Phi) is 11.1. The van der Waals surface area contributed by atoms with Crippen LogP contribution >= 0.6 is 11.3 Å². The molecule has 2 aromatic carbocycles. The van der Waals surface area contributed by atoms with Crippen molar-refractivity contribution in [2.24, 2.45) is 11.6 Å². The van der Waals surface area contributed by atoms with Crippen LogP contribution in [-0.2, 0) is 11.0 Å². The van der Waals surface area contributed by atoms with Gasteiger partial charge in [0.2, 0.25) is 5.91 Å². The van der Waals surface area contributed by atoms with Gasteiger partial charge in [-0.25, -0.2) is 10.8 Å². The quantitative estimate of drug-likeness (QED) is 0.163. The number of nitrogens with two attached hydrogens (primary N) is 2. The second-order valence-corrected chi connectivity index (χ2v) is 10.9. The lowest BCUT2D eigenvalue weighted by molar-refractivity contribution is -0.137. The van der Waals surface area contributed by atoms with E-state index in [2.05, 4.69) is 20.5 Å². The minimum atomic E-state index is -4.60. The second-order valence-electron chi connectivity index (χ2n) is 9.90. The van der Waals surface area contributed by atoms with Crippen LogP contribution in [0.4, 0.5) is 35.4 Å². The van der Waals surface area contributed by atoms with Crippen molar-refractivity contribution in [2.75, 3.05) is 53.8 Å². The van der Waals surface area contributed by atoms with E-state index in [1.807, 2.05) is 25.8 Å². The standard InChI is InChI=1S/C29H37F3N8O2S/c1-6-38(5)10-11-39(7-2)23-14-21(29(30,31)32)13-22(15-23)37-27(42)20-9-8-18(3)25(12-20)40(34)17-24(33)26-16-35-28(43-26)36-19(4)41/h8-9,12-17H,6-7,10-11,33-34H2,1-5H3,(H,37,42)(H,35,36,41)/b24-17-. The maximum Gasteiger partial charge on any atom is 0.416 e. The van der Waals surface area contributed by atoms with Crippen LogP contribution in [0.2, 0.25) is 0 Å². The minimum absolute atomic E-state index is 0.0214. The zero-order valence-electron chi connectivity index (χ0n) is 24.7. The number of hydrogen-bond donors (Lipinski definition) is 4. The summed E-state index contributed by atoms with van der Waals surface area (Å²) in [6.45, 7) is 9.53. The van der Waals surface area contributed by atoms with Gasteiger partial charge in [-0.3, -0.25) is 14.6 Å². The van der Waals surface area contributed by atoms with E-state index in [-0.39, 0.29) is 22.9 Å². The molecule has 10 nitrogen and oxygen atoms in total. The number of likely N-dealkylation sites (N-methyl/N-ethyl adjacent to an activating group) is 2. The predicted octanol–water partition coefficient (Wildman–Crippen LogP) is 5.10. The van der Waals surface area contributed by atoms with Crippen LogP contribution in [0.5, 0.6) is 0 Å². The van der Waals surface area contributed by atoms with Crippen LogP contribution < -0.4 is 32.1 Å². The Hall–Kier alpha value is -4.14. The number of nitrogens with one attached hydrogen (secondary N) is 2. The molecule has 3 aromatic rings. The number of aryl methyl sites for hydroxylation is 1. The smallest absolute Gasteiger partial charge is 0.396 e. The highest BCUT2D eigenvalue weighted by atomic mass is 32.1. The predicted molar refractivity (Wildman–Crippen MR) is 167 cm³/mol. The number of amides is 2. The fraction of sp³-hybridized carbons (Fsp3) is 0.345. The fourth-order valence-corrected chi connectivity index (χ4v) is 4.86. The summed E-state index contributed by atoms with van der Waals surface area (Å²) in [7, 11) is 1.94. The van der Waals surface area contributed by atoms with Crippen molar-refractivity contribution in [3.8, 4) is 0 Å². The first kappa shape index (κ1) is 33.4. The van der Waals surface area contributed by atoms with E-state index in [1.165, 1.54) is 30.4 Å². The first-order chi connectivity index (χ1) is 20.2. The molecule has 0 atom stereocenters. The molecule has 0 spiro atoms. The lowest BCUT2D eigenvalue weighted by atomic mass is 10.1. The number of carbonyl (C=O) groups excluding carboxylic acids is 2. The highest BCUT2D eigenvalue weighted by Crippen LogP contribution is 2.35. The van der Waals surface area contributed by atoms with Gasteiger partial charge in [-0.05, 0) is 63.3 Å². The van der Waals surface area contributed by atoms with E-state index in [0.717, 1.165) is 35.6 Å². The number of benzene rings is 2. The number of hydrogen-bond acceptors (Lipinski definition) is 9. The van der Waals surface area contributed by atoms with Gasteiger partial charge < -0.3 is 26.2 Å². The number of alkyl halides is 3. The van der Waals surface area contributed by atoms with Gasteiger partial charge in [0.25, 0.3) is 5.91 Å². The van der Waals surface area contributed by atoms with Crippen LogP contribution in [0.15, 0.2) is 48.8 Å². The zero-order valence-corrected chi connectivity index (χ0v) is 25.6. The molecule has 1 heterocycles. The molecule has 0 aliphatic heterocycles. The average molecular weight is 619 g/mol. The number of carbonyl (C=O) groups is 2. The molecule has 0 fully saturated rings. The van der Waals surface area contributed by atoms with Crippen molar-refractivity contribution in [2.45, 2.75) is 33.9 Å². The van der Waals surface area contributed by atoms with Gasteiger partial charge in [-0.1, -0.05) is 24.3 Å². The SMILES string of the molecule is CCN(C)CCN(CC)c1cc(NC(=O)c2ccc(C)c(N(N)/C=C(\N)c3cnc(NC(C)=O)s3)c2)cc(C(F)(F)F)c1. The molecule has 1 aromatic heterocycles. The van der Waals surface area contributed by atoms with Gasteiger partial charge in [0.1, 0.15) is 0 Å². The first-order valence-electron chi connectivity index (χ1n) is 13.5. The molecule has 14 heteroatoms. The molecule has 0 unspecified atom stereocenters. The van der Waals surface area contributed by atoms with E-state index >= 15 is 0 Å². The normalized spacial score (nSPS) is 11.9. The highest BCUT2D eigenvalue weighted by Gasteiger charge is 2.32. The molecule has 0 saturated carbocycles. The van der Waals surface area contributed by atoms with E-state index in [0.29, 0.717) is 41.0 Å². The molecule has 0 aliphatic rings. The van der Waals surface area contributed by atoms with Crippen molar-refractivity contribution in [3.05, 3.63) is 70.4 Å². The lowest BCUT2D eigenvalue weighted by Gasteiger charge is -2.27. The summed E-state index contributed by atoms with van der Waals surface area (Å²) < 4.78 is 41.5. The molecule has 2 amide bonds. The molecule has 0 aliphatic carbocycles. The third kappa shape index (κ3) is 9.17. The maximum atomic E-state index is 13.8. The molecule has 43 heavy (non-hydrogen) atoms. The van der Waals surface area contributed by atoms with Gasteiger partial charge in [-0.2, -0.15) is 13.2 Å². The summed E-state index contributed by atoms with van der Waals surface area (Å²) in [6.07, 6.45) is -1.65.